The third-order valence-electron chi connectivity index (χ3n) is 4.23. The molecular weight excluding hydrogens is 332 g/mol. The molecule has 0 unspecified atom stereocenters. The number of hydrogen-bond acceptors (Lipinski definition) is 4. The smallest absolute Gasteiger partial charge is 0.308 e. The standard InChI is InChI=1S/C13H19F2N3O4S/c1-7-10(11(14)15)12(17(3)16-7)23(21,22)18-6-4-5-9(8(18)2)13(19)20/h8-9,11H,4-6H2,1-3H3,(H,19,20)/t8-,9-/m1/s1. The number of halogens is 2. The zero-order valence-corrected chi connectivity index (χ0v) is 13.8. The molecule has 1 saturated heterocycles. The molecule has 2 rings (SSSR count). The third-order valence-corrected chi connectivity index (χ3v) is 6.34. The number of piperidine rings is 1. The van der Waals surface area contributed by atoms with Crippen molar-refractivity contribution in [2.45, 2.75) is 44.2 Å². The van der Waals surface area contributed by atoms with Crippen molar-refractivity contribution in [3.8, 4) is 0 Å². The monoisotopic (exact) mass is 351 g/mol. The lowest BCUT2D eigenvalue weighted by Crippen LogP contribution is -2.49. The van der Waals surface area contributed by atoms with E-state index in [4.69, 9.17) is 0 Å². The van der Waals surface area contributed by atoms with Crippen molar-refractivity contribution in [2.24, 2.45) is 13.0 Å². The molecule has 0 saturated carbocycles. The van der Waals surface area contributed by atoms with Gasteiger partial charge in [0, 0.05) is 19.6 Å². The number of aromatic nitrogens is 2. The maximum absolute atomic E-state index is 13.3. The molecular formula is C13H19F2N3O4S. The maximum Gasteiger partial charge on any atom is 0.308 e. The lowest BCUT2D eigenvalue weighted by atomic mass is 9.92. The molecule has 2 heterocycles. The first kappa shape index (κ1) is 17.8. The van der Waals surface area contributed by atoms with E-state index in [2.05, 4.69) is 5.10 Å². The van der Waals surface area contributed by atoms with Crippen molar-refractivity contribution in [1.82, 2.24) is 14.1 Å². The minimum atomic E-state index is -4.27. The number of rotatable bonds is 4. The molecule has 1 aromatic rings. The predicted molar refractivity (Wildman–Crippen MR) is 76.6 cm³/mol. The Morgan fingerprint density at radius 2 is 2.04 bits per heavy atom. The van der Waals surface area contributed by atoms with E-state index in [1.54, 1.807) is 0 Å². The highest BCUT2D eigenvalue weighted by Gasteiger charge is 2.42. The van der Waals surface area contributed by atoms with Gasteiger partial charge in [0.2, 0.25) is 0 Å². The molecule has 130 valence electrons. The average Bonchev–Trinajstić information content (AvgIpc) is 2.73. The highest BCUT2D eigenvalue weighted by Crippen LogP contribution is 2.34. The molecule has 0 aromatic carbocycles. The number of alkyl halides is 2. The number of aliphatic carboxylic acids is 1. The Balaban J connectivity index is 2.53. The fourth-order valence-electron chi connectivity index (χ4n) is 3.10. The van der Waals surface area contributed by atoms with Gasteiger partial charge in [0.1, 0.15) is 0 Å². The van der Waals surface area contributed by atoms with Crippen molar-refractivity contribution in [1.29, 1.82) is 0 Å². The number of carbonyl (C=O) groups is 1. The van der Waals surface area contributed by atoms with Crippen LogP contribution in [0.2, 0.25) is 0 Å². The molecule has 1 aliphatic heterocycles. The van der Waals surface area contributed by atoms with E-state index >= 15 is 0 Å². The fraction of sp³-hybridized carbons (Fsp3) is 0.692. The van der Waals surface area contributed by atoms with Crippen LogP contribution in [0.1, 0.15) is 37.4 Å². The van der Waals surface area contributed by atoms with Crippen molar-refractivity contribution >= 4 is 16.0 Å². The van der Waals surface area contributed by atoms with Crippen LogP contribution in [0, 0.1) is 12.8 Å². The van der Waals surface area contributed by atoms with Gasteiger partial charge in [-0.3, -0.25) is 9.48 Å². The molecule has 1 fully saturated rings. The van der Waals surface area contributed by atoms with E-state index in [9.17, 15) is 27.1 Å². The zero-order chi connectivity index (χ0) is 17.5. The maximum atomic E-state index is 13.3. The van der Waals surface area contributed by atoms with Crippen molar-refractivity contribution in [3.05, 3.63) is 11.3 Å². The summed E-state index contributed by atoms with van der Waals surface area (Å²) in [4.78, 5) is 11.3. The fourth-order valence-corrected chi connectivity index (χ4v) is 5.17. The summed E-state index contributed by atoms with van der Waals surface area (Å²) >= 11 is 0. The average molecular weight is 351 g/mol. The summed E-state index contributed by atoms with van der Waals surface area (Å²) in [6.45, 7) is 2.90. The molecule has 7 nitrogen and oxygen atoms in total. The van der Waals surface area contributed by atoms with Crippen LogP contribution in [0.4, 0.5) is 8.78 Å². The minimum absolute atomic E-state index is 0.0551. The van der Waals surface area contributed by atoms with Crippen LogP contribution in [0.15, 0.2) is 5.03 Å². The van der Waals surface area contributed by atoms with Crippen LogP contribution in [-0.4, -0.2) is 46.2 Å². The molecule has 0 amide bonds. The highest BCUT2D eigenvalue weighted by atomic mass is 32.2. The van der Waals surface area contributed by atoms with Crippen molar-refractivity contribution in [2.75, 3.05) is 6.54 Å². The second-order valence-corrected chi connectivity index (χ2v) is 7.48. The molecule has 0 radical (unpaired) electrons. The van der Waals surface area contributed by atoms with E-state index in [0.717, 1.165) is 8.99 Å². The molecule has 1 N–H and O–H groups in total. The van der Waals surface area contributed by atoms with Crippen molar-refractivity contribution in [3.63, 3.8) is 0 Å². The largest absolute Gasteiger partial charge is 0.481 e. The summed E-state index contributed by atoms with van der Waals surface area (Å²) in [5.74, 6) is -1.95. The number of carboxylic acid groups (broad SMARTS) is 1. The Labute approximate surface area is 132 Å². The Bertz CT molecular complexity index is 717. The van der Waals surface area contributed by atoms with Crippen LogP contribution < -0.4 is 0 Å². The summed E-state index contributed by atoms with van der Waals surface area (Å²) in [6, 6.07) is -0.813. The van der Waals surface area contributed by atoms with Gasteiger partial charge in [-0.2, -0.15) is 9.40 Å². The quantitative estimate of drug-likeness (QED) is 0.888. The third kappa shape index (κ3) is 2.97. The Hall–Kier alpha value is -1.55. The van der Waals surface area contributed by atoms with Gasteiger partial charge in [0.05, 0.1) is 17.2 Å². The summed E-state index contributed by atoms with van der Waals surface area (Å²) in [7, 11) is -2.99. The first-order valence-electron chi connectivity index (χ1n) is 7.15. The van der Waals surface area contributed by atoms with Gasteiger partial charge in [0.25, 0.3) is 16.4 Å². The second-order valence-electron chi connectivity index (χ2n) is 5.67. The van der Waals surface area contributed by atoms with E-state index < -0.39 is 45.0 Å². The lowest BCUT2D eigenvalue weighted by molar-refractivity contribution is -0.144. The van der Waals surface area contributed by atoms with Crippen LogP contribution in [0.25, 0.3) is 0 Å². The second kappa shape index (κ2) is 6.16. The number of hydrogen-bond donors (Lipinski definition) is 1. The summed E-state index contributed by atoms with van der Waals surface area (Å²) in [5, 5.41) is 12.4. The summed E-state index contributed by atoms with van der Waals surface area (Å²) in [5.41, 5.74) is -0.683. The normalized spacial score (nSPS) is 23.4. The summed E-state index contributed by atoms with van der Waals surface area (Å²) < 4.78 is 54.2. The Kier molecular flexibility index (Phi) is 4.76. The number of nitrogens with zero attached hydrogens (tertiary/aromatic N) is 3. The van der Waals surface area contributed by atoms with Crippen LogP contribution in [-0.2, 0) is 21.9 Å². The Morgan fingerprint density at radius 3 is 2.57 bits per heavy atom. The molecule has 0 aliphatic carbocycles. The molecule has 2 atom stereocenters. The predicted octanol–water partition coefficient (Wildman–Crippen LogP) is 1.54. The van der Waals surface area contributed by atoms with Gasteiger partial charge in [-0.25, -0.2) is 17.2 Å². The Morgan fingerprint density at radius 1 is 1.43 bits per heavy atom. The first-order chi connectivity index (χ1) is 10.6. The molecule has 23 heavy (non-hydrogen) atoms. The highest BCUT2D eigenvalue weighted by molar-refractivity contribution is 7.89. The van der Waals surface area contributed by atoms with Gasteiger partial charge in [-0.05, 0) is 26.7 Å². The minimum Gasteiger partial charge on any atom is -0.481 e. The SMILES string of the molecule is Cc1nn(C)c(S(=O)(=O)N2CCC[C@@H](C(=O)O)[C@H]2C)c1C(F)F. The van der Waals surface area contributed by atoms with Crippen LogP contribution in [0.5, 0.6) is 0 Å². The van der Waals surface area contributed by atoms with Crippen molar-refractivity contribution < 1.29 is 27.1 Å². The lowest BCUT2D eigenvalue weighted by Gasteiger charge is -2.36. The summed E-state index contributed by atoms with van der Waals surface area (Å²) in [6.07, 6.45) is -2.26. The van der Waals surface area contributed by atoms with Crippen LogP contribution in [0.3, 0.4) is 0 Å². The van der Waals surface area contributed by atoms with Crippen LogP contribution >= 0.6 is 0 Å². The van der Waals surface area contributed by atoms with Gasteiger partial charge in [-0.1, -0.05) is 0 Å². The van der Waals surface area contributed by atoms with Gasteiger partial charge in [0.15, 0.2) is 5.03 Å². The van der Waals surface area contributed by atoms with Gasteiger partial charge >= 0.3 is 5.97 Å². The molecule has 10 heteroatoms. The molecule has 0 spiro atoms. The first-order valence-corrected chi connectivity index (χ1v) is 8.59. The topological polar surface area (TPSA) is 92.5 Å². The number of aryl methyl sites for hydroxylation is 2. The molecule has 1 aromatic heterocycles. The van der Waals surface area contributed by atoms with E-state index in [0.29, 0.717) is 12.8 Å². The van der Waals surface area contributed by atoms with E-state index in [1.165, 1.54) is 20.9 Å². The molecule has 1 aliphatic rings. The zero-order valence-electron chi connectivity index (χ0n) is 13.0. The van der Waals surface area contributed by atoms with Gasteiger partial charge in [-0.15, -0.1) is 0 Å². The molecule has 0 bridgehead atoms. The van der Waals surface area contributed by atoms with Gasteiger partial charge < -0.3 is 5.11 Å². The number of sulfonamides is 1. The van der Waals surface area contributed by atoms with E-state index in [-0.39, 0.29) is 12.2 Å². The number of carboxylic acids is 1. The van der Waals surface area contributed by atoms with E-state index in [1.807, 2.05) is 0 Å².